The van der Waals surface area contributed by atoms with Crippen LogP contribution in [-0.4, -0.2) is 72.6 Å². The third-order valence-corrected chi connectivity index (χ3v) is 6.11. The summed E-state index contributed by atoms with van der Waals surface area (Å²) in [5, 5.41) is 10.0. The van der Waals surface area contributed by atoms with Gasteiger partial charge in [-0.05, 0) is 43.7 Å². The zero-order valence-corrected chi connectivity index (χ0v) is 20.4. The van der Waals surface area contributed by atoms with Gasteiger partial charge in [0.2, 0.25) is 0 Å². The quantitative estimate of drug-likeness (QED) is 0.386. The summed E-state index contributed by atoms with van der Waals surface area (Å²) in [6, 6.07) is 10.9. The largest absolute Gasteiger partial charge is 0.496 e. The van der Waals surface area contributed by atoms with Crippen molar-refractivity contribution in [2.75, 3.05) is 39.1 Å². The molecule has 4 rings (SSSR count). The van der Waals surface area contributed by atoms with Gasteiger partial charge in [-0.2, -0.15) is 18.3 Å². The maximum absolute atomic E-state index is 14.6. The Kier molecular flexibility index (Phi) is 7.88. The molecule has 0 unspecified atom stereocenters. The Morgan fingerprint density at radius 1 is 1.22 bits per heavy atom. The number of hydrogen-bond acceptors (Lipinski definition) is 5. The normalized spacial score (nSPS) is 18.2. The summed E-state index contributed by atoms with van der Waals surface area (Å²) in [7, 11) is 3.28. The number of likely N-dealkylation sites (tertiary alicyclic amines) is 1. The predicted molar refractivity (Wildman–Crippen MR) is 132 cm³/mol. The average molecular weight is 518 g/mol. The Labute approximate surface area is 211 Å². The molecule has 1 aliphatic rings. The van der Waals surface area contributed by atoms with Gasteiger partial charge in [0, 0.05) is 18.7 Å². The van der Waals surface area contributed by atoms with Gasteiger partial charge in [0.05, 0.1) is 37.2 Å². The van der Waals surface area contributed by atoms with Gasteiger partial charge in [0.15, 0.2) is 0 Å². The monoisotopic (exact) mass is 517 g/mol. The smallest absolute Gasteiger partial charge is 0.393 e. The van der Waals surface area contributed by atoms with E-state index in [2.05, 4.69) is 27.6 Å². The number of alkyl halides is 4. The minimum Gasteiger partial charge on any atom is -0.496 e. The van der Waals surface area contributed by atoms with Crippen LogP contribution in [0.15, 0.2) is 42.5 Å². The number of piperidine rings is 1. The van der Waals surface area contributed by atoms with Gasteiger partial charge < -0.3 is 20.3 Å². The van der Waals surface area contributed by atoms with Crippen molar-refractivity contribution in [1.29, 1.82) is 0 Å². The van der Waals surface area contributed by atoms with E-state index in [4.69, 9.17) is 4.74 Å². The predicted octanol–water partition coefficient (Wildman–Crippen LogP) is 3.68. The van der Waals surface area contributed by atoms with Crippen LogP contribution < -0.4 is 15.4 Å². The molecule has 1 aliphatic heterocycles. The van der Waals surface area contributed by atoms with Gasteiger partial charge in [-0.1, -0.05) is 24.1 Å². The van der Waals surface area contributed by atoms with E-state index in [1.165, 1.54) is 17.7 Å². The first-order valence-corrected chi connectivity index (χ1v) is 11.7. The van der Waals surface area contributed by atoms with E-state index in [9.17, 15) is 22.4 Å². The molecule has 2 aromatic heterocycles. The van der Waals surface area contributed by atoms with Crippen LogP contribution >= 0.6 is 0 Å². The second kappa shape index (κ2) is 11.1. The lowest BCUT2D eigenvalue weighted by atomic mass is 10.0. The molecule has 1 fully saturated rings. The molecule has 7 nitrogen and oxygen atoms in total. The number of amides is 1. The molecule has 11 heteroatoms. The number of para-hydroxylation sites is 1. The van der Waals surface area contributed by atoms with Gasteiger partial charge in [-0.15, -0.1) is 0 Å². The third kappa shape index (κ3) is 6.32. The molecule has 1 aromatic carbocycles. The van der Waals surface area contributed by atoms with Crippen molar-refractivity contribution in [2.24, 2.45) is 0 Å². The molecule has 2 N–H and O–H groups in total. The van der Waals surface area contributed by atoms with Crippen LogP contribution in [0.25, 0.3) is 5.52 Å². The lowest BCUT2D eigenvalue weighted by Gasteiger charge is -2.33. The fraction of sp³-hybridized carbons (Fsp3) is 0.385. The Morgan fingerprint density at radius 3 is 2.73 bits per heavy atom. The number of nitrogens with zero attached hydrogens (tertiary/aromatic N) is 3. The summed E-state index contributed by atoms with van der Waals surface area (Å²) in [5.41, 5.74) is 0.402. The molecule has 0 spiro atoms. The van der Waals surface area contributed by atoms with Gasteiger partial charge in [0.1, 0.15) is 23.4 Å². The van der Waals surface area contributed by atoms with E-state index in [1.807, 2.05) is 11.9 Å². The van der Waals surface area contributed by atoms with Crippen molar-refractivity contribution >= 4 is 17.2 Å². The van der Waals surface area contributed by atoms with Crippen LogP contribution in [-0.2, 0) is 6.42 Å². The SMILES string of the molecule is COc1ccccc1C(=O)NCC#Cc1nn2c(N[C@@H]3CCN(C)C[C@@H]3F)cccc2c1CC(F)(F)F. The number of halogens is 4. The lowest BCUT2D eigenvalue weighted by molar-refractivity contribution is -0.127. The molecule has 0 bridgehead atoms. The maximum Gasteiger partial charge on any atom is 0.393 e. The molecule has 0 saturated carbocycles. The number of rotatable bonds is 6. The first-order chi connectivity index (χ1) is 17.7. The number of fused-ring (bicyclic) bond motifs is 1. The highest BCUT2D eigenvalue weighted by molar-refractivity contribution is 5.97. The van der Waals surface area contributed by atoms with E-state index in [0.29, 0.717) is 30.1 Å². The number of carbonyl (C=O) groups is 1. The van der Waals surface area contributed by atoms with Crippen LogP contribution in [0.5, 0.6) is 5.75 Å². The van der Waals surface area contributed by atoms with Gasteiger partial charge in [-0.3, -0.25) is 4.79 Å². The molecular weight excluding hydrogens is 490 g/mol. The highest BCUT2D eigenvalue weighted by Crippen LogP contribution is 2.28. The number of carbonyl (C=O) groups excluding carboxylic acids is 1. The van der Waals surface area contributed by atoms with Gasteiger partial charge in [-0.25, -0.2) is 8.91 Å². The van der Waals surface area contributed by atoms with Gasteiger partial charge in [0.25, 0.3) is 5.91 Å². The fourth-order valence-corrected chi connectivity index (χ4v) is 4.29. The molecule has 3 aromatic rings. The van der Waals surface area contributed by atoms with Crippen molar-refractivity contribution in [1.82, 2.24) is 19.8 Å². The van der Waals surface area contributed by atoms with E-state index in [-0.39, 0.29) is 29.9 Å². The number of benzene rings is 1. The lowest BCUT2D eigenvalue weighted by Crippen LogP contribution is -2.46. The molecular formula is C26H27F4N5O2. The topological polar surface area (TPSA) is 70.9 Å². The van der Waals surface area contributed by atoms with Crippen LogP contribution in [0.4, 0.5) is 23.4 Å². The third-order valence-electron chi connectivity index (χ3n) is 6.11. The summed E-state index contributed by atoms with van der Waals surface area (Å²) >= 11 is 0. The Morgan fingerprint density at radius 2 is 2.00 bits per heavy atom. The van der Waals surface area contributed by atoms with Crippen molar-refractivity contribution in [2.45, 2.75) is 31.2 Å². The zero-order valence-electron chi connectivity index (χ0n) is 20.4. The summed E-state index contributed by atoms with van der Waals surface area (Å²) < 4.78 is 61.3. The van der Waals surface area contributed by atoms with E-state index < -0.39 is 30.7 Å². The molecule has 3 heterocycles. The number of methoxy groups -OCH3 is 1. The molecule has 196 valence electrons. The van der Waals surface area contributed by atoms with Crippen molar-refractivity contribution < 1.29 is 27.1 Å². The van der Waals surface area contributed by atoms with E-state index >= 15 is 0 Å². The number of aromatic nitrogens is 2. The average Bonchev–Trinajstić information content (AvgIpc) is 3.20. The summed E-state index contributed by atoms with van der Waals surface area (Å²) in [5.74, 6) is 5.70. The molecule has 2 atom stereocenters. The second-order valence-electron chi connectivity index (χ2n) is 8.83. The van der Waals surface area contributed by atoms with Crippen LogP contribution in [0, 0.1) is 11.8 Å². The van der Waals surface area contributed by atoms with E-state index in [0.717, 1.165) is 0 Å². The summed E-state index contributed by atoms with van der Waals surface area (Å²) in [6.45, 7) is 0.855. The standard InChI is InChI=1S/C26H27F4N5O2/c1-34-14-12-21(19(27)16-34)32-24-11-5-9-22-18(15-26(28,29)30)20(33-35(22)24)8-6-13-31-25(36)17-7-3-4-10-23(17)37-2/h3-5,7,9-11,19,21,32H,12-16H2,1-2H3,(H,31,36)/t19-,21+/m0/s1. The van der Waals surface area contributed by atoms with Crippen molar-refractivity contribution in [3.63, 3.8) is 0 Å². The van der Waals surface area contributed by atoms with Gasteiger partial charge >= 0.3 is 6.18 Å². The second-order valence-corrected chi connectivity index (χ2v) is 8.83. The van der Waals surface area contributed by atoms with Crippen molar-refractivity contribution in [3.05, 3.63) is 59.3 Å². The summed E-state index contributed by atoms with van der Waals surface area (Å²) in [6.07, 6.45) is -6.30. The zero-order chi connectivity index (χ0) is 26.6. The molecule has 37 heavy (non-hydrogen) atoms. The van der Waals surface area contributed by atoms with Crippen LogP contribution in [0.3, 0.4) is 0 Å². The molecule has 1 saturated heterocycles. The number of ether oxygens (including phenoxy) is 1. The van der Waals surface area contributed by atoms with Crippen LogP contribution in [0.2, 0.25) is 0 Å². The minimum absolute atomic E-state index is 0.0571. The maximum atomic E-state index is 14.6. The fourth-order valence-electron chi connectivity index (χ4n) is 4.29. The van der Waals surface area contributed by atoms with Crippen molar-refractivity contribution in [3.8, 4) is 17.6 Å². The minimum atomic E-state index is -4.49. The highest BCUT2D eigenvalue weighted by Gasteiger charge is 2.32. The van der Waals surface area contributed by atoms with E-state index in [1.54, 1.807) is 36.4 Å². The molecule has 1 amide bonds. The molecule has 0 radical (unpaired) electrons. The number of pyridine rings is 1. The first kappa shape index (κ1) is 26.3. The number of nitrogens with one attached hydrogen (secondary N) is 2. The molecule has 0 aliphatic carbocycles. The Bertz CT molecular complexity index is 1330. The summed E-state index contributed by atoms with van der Waals surface area (Å²) in [4.78, 5) is 14.3. The number of anilines is 1. The van der Waals surface area contributed by atoms with Crippen LogP contribution in [0.1, 0.15) is 28.0 Å². The Hall–Kier alpha value is -3.78. The highest BCUT2D eigenvalue weighted by atomic mass is 19.4. The first-order valence-electron chi connectivity index (χ1n) is 11.7. The Balaban J connectivity index is 1.58. The number of hydrogen-bond donors (Lipinski definition) is 2.